The summed E-state index contributed by atoms with van der Waals surface area (Å²) in [5.41, 5.74) is -1.26. The van der Waals surface area contributed by atoms with Crippen molar-refractivity contribution in [3.8, 4) is 11.5 Å². The smallest absolute Gasteiger partial charge is 0.383 e. The molecule has 0 saturated heterocycles. The van der Waals surface area contributed by atoms with Crippen LogP contribution in [0.2, 0.25) is 30.1 Å². The second kappa shape index (κ2) is 15.7. The standard InChI is InChI=1S/C35H38Cl6O8/c1-16-7-18(3)34(5,11-16)14-47-32(44)25-27(40)20(36)9-22(38)29(25)46-13-24(42)31(43)49-30-23(39)10-21(37)28(41)26(30)33(45)48-15-35(6)12-17(2)8-19(35)4/h9-10,16-19H,7-8,11-15H2,1-6H3. The van der Waals surface area contributed by atoms with Crippen LogP contribution in [0.4, 0.5) is 0 Å². The monoisotopic (exact) mass is 796 g/mol. The summed E-state index contributed by atoms with van der Waals surface area (Å²) in [7, 11) is 0. The molecule has 2 fully saturated rings. The fourth-order valence-electron chi connectivity index (χ4n) is 7.05. The van der Waals surface area contributed by atoms with E-state index in [1.54, 1.807) is 0 Å². The van der Waals surface area contributed by atoms with Gasteiger partial charge in [0.15, 0.2) is 18.1 Å². The number of halogens is 6. The van der Waals surface area contributed by atoms with Crippen molar-refractivity contribution < 1.29 is 38.1 Å². The van der Waals surface area contributed by atoms with Gasteiger partial charge in [0.05, 0.1) is 43.3 Å². The van der Waals surface area contributed by atoms with Crippen molar-refractivity contribution in [3.05, 3.63) is 53.4 Å². The average molecular weight is 799 g/mol. The highest BCUT2D eigenvalue weighted by atomic mass is 35.5. The highest BCUT2D eigenvalue weighted by Gasteiger charge is 2.42. The molecule has 6 unspecified atom stereocenters. The van der Waals surface area contributed by atoms with Crippen molar-refractivity contribution in [2.24, 2.45) is 34.5 Å². The first kappa shape index (κ1) is 39.8. The molecule has 2 aliphatic rings. The van der Waals surface area contributed by atoms with E-state index in [0.29, 0.717) is 17.8 Å². The molecule has 0 radical (unpaired) electrons. The molecule has 8 nitrogen and oxygen atoms in total. The van der Waals surface area contributed by atoms with E-state index in [1.807, 2.05) is 13.8 Å². The largest absolute Gasteiger partial charge is 0.483 e. The fraction of sp³-hybridized carbons (Fsp3) is 0.543. The second-order valence-corrected chi connectivity index (χ2v) is 16.6. The lowest BCUT2D eigenvalue weighted by atomic mass is 9.81. The number of rotatable bonds is 11. The Morgan fingerprint density at radius 1 is 0.673 bits per heavy atom. The van der Waals surface area contributed by atoms with Crippen molar-refractivity contribution in [3.63, 3.8) is 0 Å². The molecule has 2 aromatic carbocycles. The first-order valence-electron chi connectivity index (χ1n) is 15.8. The van der Waals surface area contributed by atoms with Crippen LogP contribution in [0.3, 0.4) is 0 Å². The van der Waals surface area contributed by atoms with Gasteiger partial charge in [-0.25, -0.2) is 14.4 Å². The topological polar surface area (TPSA) is 105 Å². The van der Waals surface area contributed by atoms with E-state index in [1.165, 1.54) is 6.07 Å². The number of esters is 3. The normalized spacial score (nSPS) is 26.4. The van der Waals surface area contributed by atoms with Gasteiger partial charge >= 0.3 is 17.9 Å². The molecule has 2 aliphatic carbocycles. The van der Waals surface area contributed by atoms with E-state index in [9.17, 15) is 19.2 Å². The van der Waals surface area contributed by atoms with Gasteiger partial charge in [0.2, 0.25) is 0 Å². The lowest BCUT2D eigenvalue weighted by Gasteiger charge is -2.29. The van der Waals surface area contributed by atoms with E-state index in [2.05, 4.69) is 27.7 Å². The molecule has 0 aromatic heterocycles. The summed E-state index contributed by atoms with van der Waals surface area (Å²) < 4.78 is 22.1. The van der Waals surface area contributed by atoms with Gasteiger partial charge in [0.25, 0.3) is 5.78 Å². The number of carbonyl (C=O) groups is 4. The molecule has 2 aromatic rings. The zero-order chi connectivity index (χ0) is 36.6. The van der Waals surface area contributed by atoms with Crippen LogP contribution in [0, 0.1) is 34.5 Å². The molecule has 14 heteroatoms. The van der Waals surface area contributed by atoms with Crippen LogP contribution in [0.1, 0.15) is 87.9 Å². The first-order valence-corrected chi connectivity index (χ1v) is 18.1. The Bertz CT molecular complexity index is 1660. The molecule has 6 atom stereocenters. The quantitative estimate of drug-likeness (QED) is 0.0958. The van der Waals surface area contributed by atoms with Gasteiger partial charge in [0.1, 0.15) is 11.1 Å². The lowest BCUT2D eigenvalue weighted by Crippen LogP contribution is -2.29. The van der Waals surface area contributed by atoms with Gasteiger partial charge in [-0.15, -0.1) is 0 Å². The molecular weight excluding hydrogens is 761 g/mol. The Morgan fingerprint density at radius 2 is 1.08 bits per heavy atom. The van der Waals surface area contributed by atoms with E-state index in [0.717, 1.165) is 31.7 Å². The minimum atomic E-state index is -1.46. The van der Waals surface area contributed by atoms with Crippen molar-refractivity contribution in [1.82, 2.24) is 0 Å². The number of ketones is 1. The second-order valence-electron chi connectivity index (χ2n) is 14.2. The van der Waals surface area contributed by atoms with Crippen LogP contribution < -0.4 is 9.47 Å². The van der Waals surface area contributed by atoms with Gasteiger partial charge in [-0.05, 0) is 61.5 Å². The van der Waals surface area contributed by atoms with Crippen molar-refractivity contribution in [2.45, 2.75) is 67.2 Å². The van der Waals surface area contributed by atoms with E-state index in [-0.39, 0.29) is 71.4 Å². The summed E-state index contributed by atoms with van der Waals surface area (Å²) in [5, 5.41) is -1.06. The summed E-state index contributed by atoms with van der Waals surface area (Å²) in [6.07, 6.45) is 3.70. The van der Waals surface area contributed by atoms with Crippen molar-refractivity contribution in [2.75, 3.05) is 19.8 Å². The van der Waals surface area contributed by atoms with Crippen LogP contribution in [0.25, 0.3) is 0 Å². The highest BCUT2D eigenvalue weighted by Crippen LogP contribution is 2.48. The Balaban J connectivity index is 1.50. The van der Waals surface area contributed by atoms with E-state index >= 15 is 0 Å². The third kappa shape index (κ3) is 8.75. The molecule has 0 amide bonds. The maximum atomic E-state index is 13.3. The Hall–Kier alpha value is -1.94. The number of Topliss-reactive ketones (excluding diaryl/α,β-unsaturated/α-hetero) is 1. The van der Waals surface area contributed by atoms with Crippen LogP contribution in [-0.2, 0) is 19.1 Å². The predicted molar refractivity (Wildman–Crippen MR) is 191 cm³/mol. The summed E-state index contributed by atoms with van der Waals surface area (Å²) in [6.45, 7) is 11.8. The molecule has 0 N–H and O–H groups in total. The number of hydrogen-bond acceptors (Lipinski definition) is 8. The van der Waals surface area contributed by atoms with Crippen LogP contribution in [0.5, 0.6) is 11.5 Å². The molecule has 0 spiro atoms. The molecular formula is C35H38Cl6O8. The summed E-state index contributed by atoms with van der Waals surface area (Å²) in [5.74, 6) is -3.80. The molecule has 0 bridgehead atoms. The Morgan fingerprint density at radius 3 is 1.49 bits per heavy atom. The number of hydrogen-bond donors (Lipinski definition) is 0. The van der Waals surface area contributed by atoms with Crippen molar-refractivity contribution >= 4 is 93.3 Å². The van der Waals surface area contributed by atoms with Gasteiger partial charge < -0.3 is 18.9 Å². The number of benzene rings is 2. The molecule has 268 valence electrons. The third-order valence-electron chi connectivity index (χ3n) is 10.0. The van der Waals surface area contributed by atoms with E-state index in [4.69, 9.17) is 88.6 Å². The zero-order valence-electron chi connectivity index (χ0n) is 27.9. The third-order valence-corrected chi connectivity index (χ3v) is 12.2. The molecule has 2 saturated carbocycles. The van der Waals surface area contributed by atoms with Gasteiger partial charge in [-0.2, -0.15) is 0 Å². The maximum absolute atomic E-state index is 13.3. The first-order chi connectivity index (χ1) is 22.8. The van der Waals surface area contributed by atoms with Gasteiger partial charge in [0, 0.05) is 10.8 Å². The maximum Gasteiger partial charge on any atom is 0.383 e. The van der Waals surface area contributed by atoms with Crippen LogP contribution in [-0.4, -0.2) is 43.5 Å². The molecule has 0 heterocycles. The van der Waals surface area contributed by atoms with Crippen molar-refractivity contribution in [1.29, 1.82) is 0 Å². The summed E-state index contributed by atoms with van der Waals surface area (Å²) >= 11 is 37.8. The van der Waals surface area contributed by atoms with Gasteiger partial charge in [-0.3, -0.25) is 4.79 Å². The predicted octanol–water partition coefficient (Wildman–Crippen LogP) is 10.6. The number of carbonyl (C=O) groups excluding carboxylic acids is 4. The minimum absolute atomic E-state index is 0.0506. The Labute approximate surface area is 316 Å². The summed E-state index contributed by atoms with van der Waals surface area (Å²) in [6, 6.07) is 2.39. The zero-order valence-corrected chi connectivity index (χ0v) is 32.5. The molecule has 4 rings (SSSR count). The minimum Gasteiger partial charge on any atom is -0.483 e. The van der Waals surface area contributed by atoms with Crippen LogP contribution in [0.15, 0.2) is 12.1 Å². The van der Waals surface area contributed by atoms with E-state index < -0.39 is 41.6 Å². The van der Waals surface area contributed by atoms with Gasteiger partial charge in [-0.1, -0.05) is 111 Å². The Kier molecular flexibility index (Phi) is 12.8. The summed E-state index contributed by atoms with van der Waals surface area (Å²) in [4.78, 5) is 52.6. The molecule has 49 heavy (non-hydrogen) atoms. The average Bonchev–Trinajstić information content (AvgIpc) is 3.43. The fourth-order valence-corrected chi connectivity index (χ4v) is 8.51. The molecule has 0 aliphatic heterocycles. The lowest BCUT2D eigenvalue weighted by molar-refractivity contribution is -0.148. The number of ether oxygens (including phenoxy) is 4. The SMILES string of the molecule is CC1CC(C)C(C)(COC(=O)c2c(Cl)c(Cl)cc(Cl)c2OCC(=O)C(=O)Oc2c(Cl)cc(Cl)c(Cl)c2C(=O)OCC2(C)CC(C)CC2C)C1. The van der Waals surface area contributed by atoms with Crippen LogP contribution >= 0.6 is 69.6 Å². The highest BCUT2D eigenvalue weighted by molar-refractivity contribution is 6.47.